The minimum absolute atomic E-state index is 0.298. The molecular weight excluding hydrogens is 383 g/mol. The monoisotopic (exact) mass is 404 g/mol. The maximum absolute atomic E-state index is 13.3. The first-order valence-electron chi connectivity index (χ1n) is 9.74. The number of halogens is 1. The van der Waals surface area contributed by atoms with Crippen molar-refractivity contribution < 1.29 is 14.0 Å². The second-order valence-electron chi connectivity index (χ2n) is 7.01. The number of anilines is 1. The second kappa shape index (κ2) is 8.32. The molecule has 3 aromatic rings. The van der Waals surface area contributed by atoms with E-state index in [2.05, 4.69) is 22.3 Å². The minimum Gasteiger partial charge on any atom is -0.349 e. The van der Waals surface area contributed by atoms with Crippen molar-refractivity contribution in [2.45, 2.75) is 19.3 Å². The molecule has 30 heavy (non-hydrogen) atoms. The van der Waals surface area contributed by atoms with Crippen LogP contribution >= 0.6 is 0 Å². The van der Waals surface area contributed by atoms with Crippen LogP contribution in [0.4, 0.5) is 10.1 Å². The highest BCUT2D eigenvalue weighted by Crippen LogP contribution is 2.28. The largest absolute Gasteiger partial charge is 0.349 e. The van der Waals surface area contributed by atoms with E-state index < -0.39 is 0 Å². The van der Waals surface area contributed by atoms with Crippen LogP contribution < -0.4 is 10.6 Å². The van der Waals surface area contributed by atoms with Gasteiger partial charge in [0.05, 0.1) is 16.9 Å². The number of rotatable bonds is 6. The first-order valence-corrected chi connectivity index (χ1v) is 9.74. The number of amides is 2. The maximum atomic E-state index is 13.3. The molecule has 0 saturated heterocycles. The zero-order valence-corrected chi connectivity index (χ0v) is 16.3. The molecule has 1 aliphatic carbocycles. The first-order chi connectivity index (χ1) is 14.6. The SMILES string of the molecule is C=CCNC(=O)c1ccccc1NC(=O)c1nn(-c2ccc(F)cc2)c2c1CCC2. The third-order valence-electron chi connectivity index (χ3n) is 5.04. The van der Waals surface area contributed by atoms with E-state index in [4.69, 9.17) is 0 Å². The second-order valence-corrected chi connectivity index (χ2v) is 7.01. The molecule has 1 aliphatic rings. The van der Waals surface area contributed by atoms with E-state index in [1.54, 1.807) is 47.2 Å². The molecule has 0 saturated carbocycles. The Morgan fingerprint density at radius 2 is 1.87 bits per heavy atom. The molecule has 0 radical (unpaired) electrons. The number of nitrogens with zero attached hydrogens (tertiary/aromatic N) is 2. The molecule has 152 valence electrons. The summed E-state index contributed by atoms with van der Waals surface area (Å²) in [7, 11) is 0. The van der Waals surface area contributed by atoms with E-state index in [-0.39, 0.29) is 17.6 Å². The van der Waals surface area contributed by atoms with E-state index in [9.17, 15) is 14.0 Å². The number of nitrogens with one attached hydrogen (secondary N) is 2. The van der Waals surface area contributed by atoms with Gasteiger partial charge < -0.3 is 10.6 Å². The van der Waals surface area contributed by atoms with Gasteiger partial charge in [-0.15, -0.1) is 6.58 Å². The van der Waals surface area contributed by atoms with Gasteiger partial charge in [-0.2, -0.15) is 5.10 Å². The first kappa shape index (κ1) is 19.6. The molecule has 1 heterocycles. The lowest BCUT2D eigenvalue weighted by molar-refractivity contribution is 0.0959. The quantitative estimate of drug-likeness (QED) is 0.616. The van der Waals surface area contributed by atoms with E-state index in [0.29, 0.717) is 29.2 Å². The molecule has 1 aromatic heterocycles. The molecule has 6 nitrogen and oxygen atoms in total. The molecule has 0 unspecified atom stereocenters. The molecule has 2 aromatic carbocycles. The molecule has 0 fully saturated rings. The van der Waals surface area contributed by atoms with Crippen LogP contribution in [0, 0.1) is 5.82 Å². The lowest BCUT2D eigenvalue weighted by Gasteiger charge is -2.10. The van der Waals surface area contributed by atoms with Gasteiger partial charge in [-0.3, -0.25) is 9.59 Å². The number of carbonyl (C=O) groups excluding carboxylic acids is 2. The fourth-order valence-corrected chi connectivity index (χ4v) is 3.65. The van der Waals surface area contributed by atoms with Crippen LogP contribution in [0.5, 0.6) is 0 Å². The molecule has 0 aliphatic heterocycles. The van der Waals surface area contributed by atoms with Gasteiger partial charge in [-0.25, -0.2) is 9.07 Å². The average molecular weight is 404 g/mol. The maximum Gasteiger partial charge on any atom is 0.276 e. The van der Waals surface area contributed by atoms with Crippen LogP contribution in [0.25, 0.3) is 5.69 Å². The summed E-state index contributed by atoms with van der Waals surface area (Å²) < 4.78 is 15.0. The standard InChI is InChI=1S/C23H21FN4O2/c1-2-14-25-22(29)17-6-3-4-8-19(17)26-23(30)21-18-7-5-9-20(18)28(27-21)16-12-10-15(24)11-13-16/h2-4,6,8,10-13H,1,5,7,9,14H2,(H,25,29)(H,26,30). The summed E-state index contributed by atoms with van der Waals surface area (Å²) in [6.45, 7) is 3.92. The van der Waals surface area contributed by atoms with E-state index in [1.807, 2.05) is 0 Å². The van der Waals surface area contributed by atoms with Crippen LogP contribution in [0.1, 0.15) is 38.5 Å². The van der Waals surface area contributed by atoms with Crippen LogP contribution in [-0.4, -0.2) is 28.1 Å². The fraction of sp³-hybridized carbons (Fsp3) is 0.174. The highest BCUT2D eigenvalue weighted by atomic mass is 19.1. The molecule has 0 atom stereocenters. The van der Waals surface area contributed by atoms with Crippen molar-refractivity contribution in [3.63, 3.8) is 0 Å². The number of aromatic nitrogens is 2. The Labute approximate surface area is 173 Å². The van der Waals surface area contributed by atoms with Crippen molar-refractivity contribution in [1.82, 2.24) is 15.1 Å². The molecule has 2 amide bonds. The number of hydrogen-bond acceptors (Lipinski definition) is 3. The van der Waals surface area contributed by atoms with Gasteiger partial charge in [0.1, 0.15) is 5.82 Å². The summed E-state index contributed by atoms with van der Waals surface area (Å²) in [4.78, 5) is 25.5. The average Bonchev–Trinajstić information content (AvgIpc) is 3.36. The summed E-state index contributed by atoms with van der Waals surface area (Å²) in [5.74, 6) is -1.00. The molecule has 7 heteroatoms. The van der Waals surface area contributed by atoms with E-state index in [1.165, 1.54) is 12.1 Å². The van der Waals surface area contributed by atoms with Gasteiger partial charge in [0.25, 0.3) is 11.8 Å². The summed E-state index contributed by atoms with van der Waals surface area (Å²) in [5, 5.41) is 10.1. The molecule has 0 bridgehead atoms. The number of carbonyl (C=O) groups is 2. The van der Waals surface area contributed by atoms with Crippen LogP contribution in [-0.2, 0) is 12.8 Å². The number of hydrogen-bond donors (Lipinski definition) is 2. The lowest BCUT2D eigenvalue weighted by atomic mass is 10.1. The molecule has 4 rings (SSSR count). The van der Waals surface area contributed by atoms with E-state index >= 15 is 0 Å². The van der Waals surface area contributed by atoms with Crippen molar-refractivity contribution in [3.05, 3.63) is 89.5 Å². The van der Waals surface area contributed by atoms with Gasteiger partial charge in [0, 0.05) is 17.8 Å². The van der Waals surface area contributed by atoms with Crippen molar-refractivity contribution in [2.75, 3.05) is 11.9 Å². The topological polar surface area (TPSA) is 76.0 Å². The Kier molecular flexibility index (Phi) is 5.43. The number of fused-ring (bicyclic) bond motifs is 1. The predicted molar refractivity (Wildman–Crippen MR) is 112 cm³/mol. The van der Waals surface area contributed by atoms with Crippen LogP contribution in [0.2, 0.25) is 0 Å². The summed E-state index contributed by atoms with van der Waals surface area (Å²) >= 11 is 0. The van der Waals surface area contributed by atoms with Crippen molar-refractivity contribution >= 4 is 17.5 Å². The van der Waals surface area contributed by atoms with Crippen molar-refractivity contribution in [2.24, 2.45) is 0 Å². The van der Waals surface area contributed by atoms with Gasteiger partial charge in [0.2, 0.25) is 0 Å². The zero-order chi connectivity index (χ0) is 21.1. The number of benzene rings is 2. The highest BCUT2D eigenvalue weighted by molar-refractivity contribution is 6.09. The number of para-hydroxylation sites is 1. The summed E-state index contributed by atoms with van der Waals surface area (Å²) in [5.41, 5.74) is 3.66. The Morgan fingerprint density at radius 3 is 2.63 bits per heavy atom. The Morgan fingerprint density at radius 1 is 1.10 bits per heavy atom. The summed E-state index contributed by atoms with van der Waals surface area (Å²) in [6, 6.07) is 12.8. The molecular formula is C23H21FN4O2. The Bertz CT molecular complexity index is 1120. The van der Waals surface area contributed by atoms with Crippen molar-refractivity contribution in [1.29, 1.82) is 0 Å². The molecule has 2 N–H and O–H groups in total. The summed E-state index contributed by atoms with van der Waals surface area (Å²) in [6.07, 6.45) is 4.06. The Hall–Kier alpha value is -3.74. The molecule has 0 spiro atoms. The minimum atomic E-state index is -0.377. The van der Waals surface area contributed by atoms with Crippen LogP contribution in [0.15, 0.2) is 61.2 Å². The van der Waals surface area contributed by atoms with Gasteiger partial charge in [0.15, 0.2) is 5.69 Å². The third kappa shape index (κ3) is 3.74. The van der Waals surface area contributed by atoms with Gasteiger partial charge >= 0.3 is 0 Å². The highest BCUT2D eigenvalue weighted by Gasteiger charge is 2.27. The lowest BCUT2D eigenvalue weighted by Crippen LogP contribution is -2.25. The van der Waals surface area contributed by atoms with Gasteiger partial charge in [-0.1, -0.05) is 18.2 Å². The fourth-order valence-electron chi connectivity index (χ4n) is 3.65. The smallest absolute Gasteiger partial charge is 0.276 e. The van der Waals surface area contributed by atoms with Crippen molar-refractivity contribution in [3.8, 4) is 5.69 Å². The zero-order valence-electron chi connectivity index (χ0n) is 16.3. The van der Waals surface area contributed by atoms with Gasteiger partial charge in [-0.05, 0) is 55.7 Å². The normalized spacial score (nSPS) is 12.3. The van der Waals surface area contributed by atoms with Crippen LogP contribution in [0.3, 0.4) is 0 Å². The third-order valence-corrected chi connectivity index (χ3v) is 5.04. The Balaban J connectivity index is 1.64. The van der Waals surface area contributed by atoms with E-state index in [0.717, 1.165) is 30.5 Å². The predicted octanol–water partition coefficient (Wildman–Crippen LogP) is 3.67.